The molecule has 1 aliphatic carbocycles. The SMILES string of the molecule is COc1cc(=O)n2c(c1C(=O)N1CCCC(O)C1)CCN(CCC1=C(C)CCCC1(C)C)CC2. The van der Waals surface area contributed by atoms with Crippen molar-refractivity contribution in [3.63, 3.8) is 0 Å². The van der Waals surface area contributed by atoms with Crippen molar-refractivity contribution >= 4 is 5.91 Å². The van der Waals surface area contributed by atoms with Gasteiger partial charge < -0.3 is 24.2 Å². The summed E-state index contributed by atoms with van der Waals surface area (Å²) < 4.78 is 7.29. The van der Waals surface area contributed by atoms with Gasteiger partial charge in [0.05, 0.1) is 13.2 Å². The minimum atomic E-state index is -0.494. The first-order valence-electron chi connectivity index (χ1n) is 12.9. The minimum absolute atomic E-state index is 0.115. The van der Waals surface area contributed by atoms with Gasteiger partial charge in [-0.05, 0) is 50.9 Å². The highest BCUT2D eigenvalue weighted by atomic mass is 16.5. The third-order valence-electron chi connectivity index (χ3n) is 8.17. The van der Waals surface area contributed by atoms with Crippen LogP contribution in [0.1, 0.15) is 75.3 Å². The lowest BCUT2D eigenvalue weighted by molar-refractivity contribution is 0.0469. The fourth-order valence-electron chi connectivity index (χ4n) is 6.20. The molecule has 188 valence electrons. The van der Waals surface area contributed by atoms with Gasteiger partial charge in [-0.15, -0.1) is 0 Å². The molecule has 0 saturated carbocycles. The molecule has 3 aliphatic rings. The van der Waals surface area contributed by atoms with Gasteiger partial charge in [-0.3, -0.25) is 9.59 Å². The van der Waals surface area contributed by atoms with Crippen molar-refractivity contribution in [2.45, 2.75) is 78.4 Å². The van der Waals surface area contributed by atoms with Crippen molar-refractivity contribution < 1.29 is 14.6 Å². The minimum Gasteiger partial charge on any atom is -0.496 e. The van der Waals surface area contributed by atoms with E-state index in [0.717, 1.165) is 44.6 Å². The maximum Gasteiger partial charge on any atom is 0.259 e. The molecule has 1 amide bonds. The lowest BCUT2D eigenvalue weighted by Gasteiger charge is -2.35. The molecule has 1 unspecified atom stereocenters. The summed E-state index contributed by atoms with van der Waals surface area (Å²) in [6.45, 7) is 11.1. The number of hydrogen-bond acceptors (Lipinski definition) is 5. The Morgan fingerprint density at radius 1 is 1.18 bits per heavy atom. The number of ether oxygens (including phenoxy) is 1. The van der Waals surface area contributed by atoms with Crippen molar-refractivity contribution in [1.82, 2.24) is 14.4 Å². The summed E-state index contributed by atoms with van der Waals surface area (Å²) in [5.74, 6) is 0.206. The van der Waals surface area contributed by atoms with Crippen LogP contribution in [0.15, 0.2) is 22.0 Å². The predicted molar refractivity (Wildman–Crippen MR) is 133 cm³/mol. The van der Waals surface area contributed by atoms with Crippen LogP contribution in [0.5, 0.6) is 5.75 Å². The number of nitrogens with zero attached hydrogens (tertiary/aromatic N) is 3. The van der Waals surface area contributed by atoms with E-state index in [9.17, 15) is 14.7 Å². The largest absolute Gasteiger partial charge is 0.496 e. The maximum atomic E-state index is 13.5. The number of amides is 1. The number of piperidine rings is 1. The molecule has 0 bridgehead atoms. The van der Waals surface area contributed by atoms with Crippen LogP contribution in [-0.4, -0.2) is 71.3 Å². The summed E-state index contributed by atoms with van der Waals surface area (Å²) >= 11 is 0. The van der Waals surface area contributed by atoms with E-state index in [1.165, 1.54) is 32.4 Å². The van der Waals surface area contributed by atoms with Gasteiger partial charge in [0.25, 0.3) is 11.5 Å². The van der Waals surface area contributed by atoms with Crippen LogP contribution in [-0.2, 0) is 13.0 Å². The number of β-amino-alcohol motifs (C(OH)–C–C–N with tert-alkyl or cyclic N) is 1. The molecule has 7 nitrogen and oxygen atoms in total. The number of hydrogen-bond donors (Lipinski definition) is 1. The highest BCUT2D eigenvalue weighted by Crippen LogP contribution is 2.41. The number of aliphatic hydroxyl groups is 1. The monoisotopic (exact) mass is 471 g/mol. The number of methoxy groups -OCH3 is 1. The van der Waals surface area contributed by atoms with Gasteiger partial charge >= 0.3 is 0 Å². The second-order valence-corrected chi connectivity index (χ2v) is 10.9. The van der Waals surface area contributed by atoms with Gasteiger partial charge in [0.2, 0.25) is 0 Å². The lowest BCUT2D eigenvalue weighted by atomic mass is 9.71. The summed E-state index contributed by atoms with van der Waals surface area (Å²) in [5, 5.41) is 10.1. The normalized spacial score (nSPS) is 23.4. The fraction of sp³-hybridized carbons (Fsp3) is 0.704. The maximum absolute atomic E-state index is 13.5. The van der Waals surface area contributed by atoms with Crippen LogP contribution in [0.25, 0.3) is 0 Å². The highest BCUT2D eigenvalue weighted by Gasteiger charge is 2.31. The topological polar surface area (TPSA) is 75.0 Å². The molecule has 34 heavy (non-hydrogen) atoms. The zero-order valence-corrected chi connectivity index (χ0v) is 21.4. The summed E-state index contributed by atoms with van der Waals surface area (Å²) in [4.78, 5) is 30.6. The van der Waals surface area contributed by atoms with Crippen molar-refractivity contribution in [1.29, 1.82) is 0 Å². The Kier molecular flexibility index (Phi) is 7.53. The van der Waals surface area contributed by atoms with Gasteiger partial charge in [0.15, 0.2) is 0 Å². The van der Waals surface area contributed by atoms with Crippen molar-refractivity contribution in [2.24, 2.45) is 5.41 Å². The van der Waals surface area contributed by atoms with Crippen LogP contribution in [0.2, 0.25) is 0 Å². The van der Waals surface area contributed by atoms with E-state index in [0.29, 0.717) is 37.4 Å². The molecule has 0 aromatic carbocycles. The number of pyridine rings is 1. The number of aliphatic hydroxyl groups excluding tert-OH is 1. The second-order valence-electron chi connectivity index (χ2n) is 10.9. The predicted octanol–water partition coefficient (Wildman–Crippen LogP) is 3.23. The number of carbonyl (C=O) groups excluding carboxylic acids is 1. The average Bonchev–Trinajstić information content (AvgIpc) is 3.01. The van der Waals surface area contributed by atoms with Gasteiger partial charge in [0.1, 0.15) is 11.3 Å². The number of rotatable bonds is 5. The molecular weight excluding hydrogens is 430 g/mol. The summed E-state index contributed by atoms with van der Waals surface area (Å²) in [5.41, 5.74) is 4.55. The first-order chi connectivity index (χ1) is 16.2. The molecule has 0 radical (unpaired) electrons. The molecule has 1 N–H and O–H groups in total. The molecule has 1 saturated heterocycles. The molecule has 7 heteroatoms. The molecular formula is C27H41N3O4. The molecule has 3 heterocycles. The Morgan fingerprint density at radius 3 is 2.68 bits per heavy atom. The number of likely N-dealkylation sites (tertiary alicyclic amines) is 1. The third kappa shape index (κ3) is 5.10. The molecule has 2 aliphatic heterocycles. The summed E-state index contributed by atoms with van der Waals surface area (Å²) in [6, 6.07) is 1.45. The first kappa shape index (κ1) is 25.0. The van der Waals surface area contributed by atoms with E-state index in [1.807, 2.05) is 0 Å². The van der Waals surface area contributed by atoms with Gasteiger partial charge in [-0.25, -0.2) is 0 Å². The average molecular weight is 472 g/mol. The summed E-state index contributed by atoms with van der Waals surface area (Å²) in [7, 11) is 1.51. The smallest absolute Gasteiger partial charge is 0.259 e. The molecule has 0 spiro atoms. The van der Waals surface area contributed by atoms with E-state index in [4.69, 9.17) is 4.74 Å². The van der Waals surface area contributed by atoms with Crippen LogP contribution >= 0.6 is 0 Å². The van der Waals surface area contributed by atoms with E-state index < -0.39 is 6.10 Å². The Bertz CT molecular complexity index is 1010. The Morgan fingerprint density at radius 2 is 1.97 bits per heavy atom. The summed E-state index contributed by atoms with van der Waals surface area (Å²) in [6.07, 6.45) is 6.42. The Labute approximate surface area is 203 Å². The number of aromatic nitrogens is 1. The molecule has 1 atom stereocenters. The zero-order valence-electron chi connectivity index (χ0n) is 21.4. The second kappa shape index (κ2) is 10.2. The zero-order chi connectivity index (χ0) is 24.5. The Hall–Kier alpha value is -2.12. The van der Waals surface area contributed by atoms with Crippen molar-refractivity contribution in [3.05, 3.63) is 38.8 Å². The molecule has 1 aromatic rings. The third-order valence-corrected chi connectivity index (χ3v) is 8.17. The number of carbonyl (C=O) groups is 1. The van der Waals surface area contributed by atoms with E-state index in [1.54, 1.807) is 20.6 Å². The standard InChI is InChI=1S/C27H41N3O4/c1-19-7-5-11-27(2,3)21(19)9-13-28-14-10-22-25(26(33)29-12-6-8-20(31)18-29)23(34-4)17-24(32)30(22)16-15-28/h17,20,31H,5-16,18H2,1-4H3. The number of fused-ring (bicyclic) bond motifs is 1. The Balaban J connectivity index is 1.55. The van der Waals surface area contributed by atoms with Crippen molar-refractivity contribution in [2.75, 3.05) is 39.8 Å². The molecule has 1 fully saturated rings. The van der Waals surface area contributed by atoms with Crippen LogP contribution in [0.4, 0.5) is 0 Å². The van der Waals surface area contributed by atoms with Crippen molar-refractivity contribution in [3.8, 4) is 5.75 Å². The van der Waals surface area contributed by atoms with Gasteiger partial charge in [-0.1, -0.05) is 25.0 Å². The first-order valence-corrected chi connectivity index (χ1v) is 12.9. The van der Waals surface area contributed by atoms with E-state index in [2.05, 4.69) is 25.7 Å². The van der Waals surface area contributed by atoms with Crippen LogP contribution < -0.4 is 10.3 Å². The molecule has 4 rings (SSSR count). The highest BCUT2D eigenvalue weighted by molar-refractivity contribution is 5.98. The van der Waals surface area contributed by atoms with Gasteiger partial charge in [0, 0.05) is 57.4 Å². The van der Waals surface area contributed by atoms with E-state index >= 15 is 0 Å². The van der Waals surface area contributed by atoms with E-state index in [-0.39, 0.29) is 16.9 Å². The van der Waals surface area contributed by atoms with Gasteiger partial charge in [-0.2, -0.15) is 0 Å². The van der Waals surface area contributed by atoms with Crippen LogP contribution in [0, 0.1) is 5.41 Å². The molecule has 1 aromatic heterocycles. The van der Waals surface area contributed by atoms with Crippen LogP contribution in [0.3, 0.4) is 0 Å². The lowest BCUT2D eigenvalue weighted by Crippen LogP contribution is -2.43. The fourth-order valence-corrected chi connectivity index (χ4v) is 6.20. The number of allylic oxidation sites excluding steroid dienone is 1. The quantitative estimate of drug-likeness (QED) is 0.668.